The summed E-state index contributed by atoms with van der Waals surface area (Å²) < 4.78 is 10.3. The smallest absolute Gasteiger partial charge is 0.231 e. The van der Waals surface area contributed by atoms with Crippen LogP contribution >= 0.6 is 0 Å². The fourth-order valence-corrected chi connectivity index (χ4v) is 1.93. The zero-order valence-corrected chi connectivity index (χ0v) is 10.5. The van der Waals surface area contributed by atoms with Crippen molar-refractivity contribution in [2.45, 2.75) is 6.04 Å². The molecule has 1 aliphatic rings. The molecule has 98 valence electrons. The van der Waals surface area contributed by atoms with Gasteiger partial charge in [-0.25, -0.2) is 4.98 Å². The maximum Gasteiger partial charge on any atom is 0.231 e. The molecule has 6 nitrogen and oxygen atoms in total. The Balaban J connectivity index is 2.02. The summed E-state index contributed by atoms with van der Waals surface area (Å²) in [4.78, 5) is 16.1. The lowest BCUT2D eigenvalue weighted by Gasteiger charge is -2.16. The summed E-state index contributed by atoms with van der Waals surface area (Å²) in [6, 6.07) is 3.47. The first-order valence-corrected chi connectivity index (χ1v) is 5.80. The molecule has 2 heterocycles. The molecule has 2 rings (SSSR count). The SMILES string of the molecule is CNC1COCC1C(=O)Nc1ccnc(OC)c1. The lowest BCUT2D eigenvalue weighted by atomic mass is 10.0. The second-order valence-corrected chi connectivity index (χ2v) is 4.12. The van der Waals surface area contributed by atoms with Crippen LogP contribution in [0.25, 0.3) is 0 Å². The minimum atomic E-state index is -0.172. The van der Waals surface area contributed by atoms with Gasteiger partial charge < -0.3 is 20.1 Å². The van der Waals surface area contributed by atoms with Gasteiger partial charge in [-0.15, -0.1) is 0 Å². The average Bonchev–Trinajstić information content (AvgIpc) is 2.87. The van der Waals surface area contributed by atoms with Gasteiger partial charge in [0, 0.05) is 24.0 Å². The van der Waals surface area contributed by atoms with Gasteiger partial charge in [-0.3, -0.25) is 4.79 Å². The van der Waals surface area contributed by atoms with Crippen LogP contribution in [0.15, 0.2) is 18.3 Å². The highest BCUT2D eigenvalue weighted by Gasteiger charge is 2.32. The first-order chi connectivity index (χ1) is 8.74. The molecular formula is C12H17N3O3. The number of aromatic nitrogens is 1. The molecule has 1 aromatic rings. The normalized spacial score (nSPS) is 22.8. The monoisotopic (exact) mass is 251 g/mol. The van der Waals surface area contributed by atoms with E-state index in [1.165, 1.54) is 7.11 Å². The third kappa shape index (κ3) is 2.77. The quantitative estimate of drug-likeness (QED) is 0.803. The van der Waals surface area contributed by atoms with Gasteiger partial charge >= 0.3 is 0 Å². The van der Waals surface area contributed by atoms with Crippen LogP contribution in [0, 0.1) is 5.92 Å². The van der Waals surface area contributed by atoms with E-state index in [2.05, 4.69) is 15.6 Å². The Morgan fingerprint density at radius 3 is 3.11 bits per heavy atom. The summed E-state index contributed by atoms with van der Waals surface area (Å²) >= 11 is 0. The molecule has 1 aromatic heterocycles. The van der Waals surface area contributed by atoms with Gasteiger partial charge in [-0.1, -0.05) is 0 Å². The second kappa shape index (κ2) is 5.79. The van der Waals surface area contributed by atoms with Crippen molar-refractivity contribution in [2.75, 3.05) is 32.7 Å². The third-order valence-electron chi connectivity index (χ3n) is 3.00. The maximum absolute atomic E-state index is 12.1. The van der Waals surface area contributed by atoms with E-state index in [0.717, 1.165) is 0 Å². The molecule has 18 heavy (non-hydrogen) atoms. The van der Waals surface area contributed by atoms with Crippen LogP contribution in [-0.4, -0.2) is 44.3 Å². The first kappa shape index (κ1) is 12.8. The number of nitrogens with zero attached hydrogens (tertiary/aromatic N) is 1. The van der Waals surface area contributed by atoms with E-state index in [-0.39, 0.29) is 17.9 Å². The van der Waals surface area contributed by atoms with E-state index in [4.69, 9.17) is 9.47 Å². The standard InChI is InChI=1S/C12H17N3O3/c1-13-10-7-18-6-9(10)12(16)15-8-3-4-14-11(5-8)17-2/h3-5,9-10,13H,6-7H2,1-2H3,(H,14,15,16). The Hall–Kier alpha value is -1.66. The van der Waals surface area contributed by atoms with Crippen LogP contribution in [0.3, 0.4) is 0 Å². The second-order valence-electron chi connectivity index (χ2n) is 4.12. The van der Waals surface area contributed by atoms with Gasteiger partial charge in [0.2, 0.25) is 11.8 Å². The maximum atomic E-state index is 12.1. The van der Waals surface area contributed by atoms with E-state index in [9.17, 15) is 4.79 Å². The van der Waals surface area contributed by atoms with Crippen molar-refractivity contribution < 1.29 is 14.3 Å². The topological polar surface area (TPSA) is 72.5 Å². The highest BCUT2D eigenvalue weighted by Crippen LogP contribution is 2.18. The molecule has 6 heteroatoms. The van der Waals surface area contributed by atoms with Gasteiger partial charge in [-0.05, 0) is 13.1 Å². The number of rotatable bonds is 4. The zero-order valence-electron chi connectivity index (χ0n) is 10.5. The van der Waals surface area contributed by atoms with Gasteiger partial charge in [0.25, 0.3) is 0 Å². The van der Waals surface area contributed by atoms with Gasteiger partial charge in [0.15, 0.2) is 0 Å². The Bertz CT molecular complexity index is 425. The predicted octanol–water partition coefficient (Wildman–Crippen LogP) is 0.263. The van der Waals surface area contributed by atoms with Gasteiger partial charge in [0.1, 0.15) is 0 Å². The molecule has 2 atom stereocenters. The molecule has 0 aliphatic carbocycles. The lowest BCUT2D eigenvalue weighted by Crippen LogP contribution is -2.39. The van der Waals surface area contributed by atoms with Crippen LogP contribution in [0.2, 0.25) is 0 Å². The summed E-state index contributed by atoms with van der Waals surface area (Å²) in [6.45, 7) is 1.01. The van der Waals surface area contributed by atoms with Crippen molar-refractivity contribution in [3.63, 3.8) is 0 Å². The van der Waals surface area contributed by atoms with Crippen molar-refractivity contribution in [1.82, 2.24) is 10.3 Å². The first-order valence-electron chi connectivity index (χ1n) is 5.80. The lowest BCUT2D eigenvalue weighted by molar-refractivity contribution is -0.120. The van der Waals surface area contributed by atoms with E-state index in [0.29, 0.717) is 24.8 Å². The van der Waals surface area contributed by atoms with Crippen LogP contribution in [0.5, 0.6) is 5.88 Å². The van der Waals surface area contributed by atoms with Crippen LogP contribution in [0.1, 0.15) is 0 Å². The fraction of sp³-hybridized carbons (Fsp3) is 0.500. The highest BCUT2D eigenvalue weighted by atomic mass is 16.5. The summed E-state index contributed by atoms with van der Waals surface area (Å²) in [6.07, 6.45) is 1.59. The van der Waals surface area contributed by atoms with E-state index >= 15 is 0 Å². The molecule has 0 bridgehead atoms. The molecule has 0 aromatic carbocycles. The minimum absolute atomic E-state index is 0.0555. The molecule has 2 N–H and O–H groups in total. The molecule has 0 spiro atoms. The summed E-state index contributed by atoms with van der Waals surface area (Å²) in [5.41, 5.74) is 0.675. The minimum Gasteiger partial charge on any atom is -0.481 e. The molecule has 1 aliphatic heterocycles. The number of carbonyl (C=O) groups excluding carboxylic acids is 1. The van der Waals surface area contributed by atoms with Crippen LogP contribution in [-0.2, 0) is 9.53 Å². The number of nitrogens with one attached hydrogen (secondary N) is 2. The molecule has 1 saturated heterocycles. The largest absolute Gasteiger partial charge is 0.481 e. The number of ether oxygens (including phenoxy) is 2. The Kier molecular flexibility index (Phi) is 4.11. The van der Waals surface area contributed by atoms with Crippen molar-refractivity contribution in [2.24, 2.45) is 5.92 Å². The predicted molar refractivity (Wildman–Crippen MR) is 66.6 cm³/mol. The number of anilines is 1. The van der Waals surface area contributed by atoms with E-state index in [1.54, 1.807) is 18.3 Å². The van der Waals surface area contributed by atoms with Crippen LogP contribution < -0.4 is 15.4 Å². The summed E-state index contributed by atoms with van der Waals surface area (Å²) in [5.74, 6) is 0.245. The van der Waals surface area contributed by atoms with Crippen molar-refractivity contribution in [3.8, 4) is 5.88 Å². The Morgan fingerprint density at radius 1 is 1.56 bits per heavy atom. The number of hydrogen-bond donors (Lipinski definition) is 2. The van der Waals surface area contributed by atoms with E-state index in [1.807, 2.05) is 7.05 Å². The fourth-order valence-electron chi connectivity index (χ4n) is 1.93. The molecule has 2 unspecified atom stereocenters. The number of likely N-dealkylation sites (N-methyl/N-ethyl adjacent to an activating group) is 1. The Labute approximate surface area is 106 Å². The number of carbonyl (C=O) groups is 1. The number of pyridine rings is 1. The summed E-state index contributed by atoms with van der Waals surface area (Å²) in [7, 11) is 3.37. The summed E-state index contributed by atoms with van der Waals surface area (Å²) in [5, 5.41) is 5.92. The average molecular weight is 251 g/mol. The highest BCUT2D eigenvalue weighted by molar-refractivity contribution is 5.93. The molecular weight excluding hydrogens is 234 g/mol. The van der Waals surface area contributed by atoms with Crippen LogP contribution in [0.4, 0.5) is 5.69 Å². The zero-order chi connectivity index (χ0) is 13.0. The van der Waals surface area contributed by atoms with Crippen molar-refractivity contribution >= 4 is 11.6 Å². The van der Waals surface area contributed by atoms with E-state index < -0.39 is 0 Å². The molecule has 0 saturated carbocycles. The molecule has 1 amide bonds. The third-order valence-corrected chi connectivity index (χ3v) is 3.00. The number of amides is 1. The molecule has 0 radical (unpaired) electrons. The van der Waals surface area contributed by atoms with Crippen molar-refractivity contribution in [1.29, 1.82) is 0 Å². The van der Waals surface area contributed by atoms with Crippen molar-refractivity contribution in [3.05, 3.63) is 18.3 Å². The van der Waals surface area contributed by atoms with Gasteiger partial charge in [-0.2, -0.15) is 0 Å². The van der Waals surface area contributed by atoms with Gasteiger partial charge in [0.05, 0.1) is 26.2 Å². The number of methoxy groups -OCH3 is 1. The molecule has 1 fully saturated rings. The number of hydrogen-bond acceptors (Lipinski definition) is 5. The Morgan fingerprint density at radius 2 is 2.39 bits per heavy atom.